The van der Waals surface area contributed by atoms with Crippen LogP contribution in [0.4, 0.5) is 11.8 Å². The highest BCUT2D eigenvalue weighted by atomic mass is 16.4. The third-order valence-electron chi connectivity index (χ3n) is 4.02. The van der Waals surface area contributed by atoms with Crippen molar-refractivity contribution in [3.63, 3.8) is 0 Å². The van der Waals surface area contributed by atoms with Gasteiger partial charge in [-0.3, -0.25) is 9.69 Å². The quantitative estimate of drug-likeness (QED) is 0.681. The molecule has 0 aliphatic carbocycles. The summed E-state index contributed by atoms with van der Waals surface area (Å²) in [5.74, 6) is -0.915. The van der Waals surface area contributed by atoms with Crippen molar-refractivity contribution in [3.8, 4) is 0 Å². The van der Waals surface area contributed by atoms with E-state index in [1.807, 2.05) is 0 Å². The van der Waals surface area contributed by atoms with Crippen LogP contribution in [0.15, 0.2) is 18.3 Å². The number of hydrogen-bond donors (Lipinski definition) is 2. The van der Waals surface area contributed by atoms with E-state index in [0.717, 1.165) is 43.5 Å². The Morgan fingerprint density at radius 2 is 1.65 bits per heavy atom. The fourth-order valence-electron chi connectivity index (χ4n) is 2.50. The van der Waals surface area contributed by atoms with Gasteiger partial charge in [0.25, 0.3) is 0 Å². The zero-order valence-electron chi connectivity index (χ0n) is 14.6. The smallest absolute Gasteiger partial charge is 0.328 e. The molecule has 26 heavy (non-hydrogen) atoms. The van der Waals surface area contributed by atoms with E-state index in [1.165, 1.54) is 0 Å². The summed E-state index contributed by atoms with van der Waals surface area (Å²) in [4.78, 5) is 45.7. The van der Waals surface area contributed by atoms with Crippen LogP contribution in [0.2, 0.25) is 0 Å². The molecule has 1 aromatic rings. The van der Waals surface area contributed by atoms with Gasteiger partial charge in [-0.05, 0) is 7.05 Å². The van der Waals surface area contributed by atoms with Crippen LogP contribution in [-0.4, -0.2) is 83.2 Å². The molecule has 0 aromatic carbocycles. The molecule has 0 radical (unpaired) electrons. The number of piperazine rings is 1. The summed E-state index contributed by atoms with van der Waals surface area (Å²) in [6, 6.07) is 0. The highest BCUT2D eigenvalue weighted by Gasteiger charge is 2.27. The van der Waals surface area contributed by atoms with Gasteiger partial charge in [0.1, 0.15) is 5.82 Å². The second-order valence-electron chi connectivity index (χ2n) is 5.95. The van der Waals surface area contributed by atoms with Gasteiger partial charge in [0, 0.05) is 57.1 Å². The van der Waals surface area contributed by atoms with E-state index < -0.39 is 11.9 Å². The molecule has 1 saturated heterocycles. The first-order valence-electron chi connectivity index (χ1n) is 7.98. The van der Waals surface area contributed by atoms with Crippen molar-refractivity contribution in [2.24, 2.45) is 0 Å². The summed E-state index contributed by atoms with van der Waals surface area (Å²) in [5, 5.41) is 15.6. The number of fused-ring (bicyclic) bond motifs is 1. The Hall–Kier alpha value is -3.01. The van der Waals surface area contributed by atoms with Gasteiger partial charge in [-0.15, -0.1) is 0 Å². The van der Waals surface area contributed by atoms with Crippen LogP contribution >= 0.6 is 0 Å². The molecule has 3 heterocycles. The molecule has 0 saturated carbocycles. The Morgan fingerprint density at radius 1 is 1.08 bits per heavy atom. The maximum absolute atomic E-state index is 11.6. The normalized spacial score (nSPS) is 17.1. The zero-order valence-corrected chi connectivity index (χ0v) is 14.6. The standard InChI is InChI=1S/C12H17N5O.C4H4O4/c1-15-3-5-17(6-4-15)12-13-8-9-7-10(18)16(2)11(9)14-12;5-3(6)1-2-4(7)8/h8H,3-7H2,1-2H3;1-2H,(H,5,6)(H,7,8)/b;2-1-. The van der Waals surface area contributed by atoms with Gasteiger partial charge in [0.15, 0.2) is 0 Å². The minimum Gasteiger partial charge on any atom is -0.478 e. The number of carboxylic acid groups (broad SMARTS) is 2. The maximum Gasteiger partial charge on any atom is 0.328 e. The minimum absolute atomic E-state index is 0.0924. The number of amides is 1. The number of rotatable bonds is 3. The van der Waals surface area contributed by atoms with Crippen molar-refractivity contribution in [2.75, 3.05) is 50.1 Å². The van der Waals surface area contributed by atoms with Crippen molar-refractivity contribution in [2.45, 2.75) is 6.42 Å². The summed E-state index contributed by atoms with van der Waals surface area (Å²) in [7, 11) is 3.89. The van der Waals surface area contributed by atoms with E-state index in [1.54, 1.807) is 18.1 Å². The third-order valence-corrected chi connectivity index (χ3v) is 4.02. The highest BCUT2D eigenvalue weighted by Crippen LogP contribution is 2.26. The van der Waals surface area contributed by atoms with Crippen LogP contribution in [0.1, 0.15) is 5.56 Å². The topological polar surface area (TPSA) is 127 Å². The molecule has 2 aliphatic rings. The largest absolute Gasteiger partial charge is 0.478 e. The molecular weight excluding hydrogens is 342 g/mol. The predicted octanol–water partition coefficient (Wildman–Crippen LogP) is -0.541. The number of likely N-dealkylation sites (N-methyl/N-ethyl adjacent to an activating group) is 2. The van der Waals surface area contributed by atoms with E-state index in [9.17, 15) is 14.4 Å². The Morgan fingerprint density at radius 3 is 2.19 bits per heavy atom. The van der Waals surface area contributed by atoms with Crippen LogP contribution < -0.4 is 9.80 Å². The van der Waals surface area contributed by atoms with Gasteiger partial charge in [-0.1, -0.05) is 0 Å². The van der Waals surface area contributed by atoms with Crippen LogP contribution in [0.3, 0.4) is 0 Å². The lowest BCUT2D eigenvalue weighted by Gasteiger charge is -2.32. The third kappa shape index (κ3) is 4.99. The summed E-state index contributed by atoms with van der Waals surface area (Å²) < 4.78 is 0. The van der Waals surface area contributed by atoms with E-state index in [0.29, 0.717) is 18.6 Å². The molecule has 0 spiro atoms. The summed E-state index contributed by atoms with van der Waals surface area (Å²) in [6.07, 6.45) is 3.33. The SMILES string of the molecule is CN1CCN(c2ncc3c(n2)N(C)C(=O)C3)CC1.O=C(O)/C=C\C(=O)O. The molecule has 10 nitrogen and oxygen atoms in total. The van der Waals surface area contributed by atoms with Gasteiger partial charge < -0.3 is 20.0 Å². The fraction of sp³-hybridized carbons (Fsp3) is 0.438. The molecule has 2 N–H and O–H groups in total. The maximum atomic E-state index is 11.6. The van der Waals surface area contributed by atoms with Crippen molar-refractivity contribution >= 4 is 29.6 Å². The number of anilines is 2. The summed E-state index contributed by atoms with van der Waals surface area (Å²) >= 11 is 0. The van der Waals surface area contributed by atoms with Gasteiger partial charge in [0.05, 0.1) is 6.42 Å². The first-order chi connectivity index (χ1) is 12.3. The predicted molar refractivity (Wildman–Crippen MR) is 93.3 cm³/mol. The second-order valence-corrected chi connectivity index (χ2v) is 5.95. The van der Waals surface area contributed by atoms with E-state index in [4.69, 9.17) is 10.2 Å². The number of aromatic nitrogens is 2. The van der Waals surface area contributed by atoms with Gasteiger partial charge in [-0.2, -0.15) is 4.98 Å². The Balaban J connectivity index is 0.000000260. The second kappa shape index (κ2) is 8.39. The van der Waals surface area contributed by atoms with Crippen LogP contribution in [0, 0.1) is 0 Å². The van der Waals surface area contributed by atoms with Crippen LogP contribution in [0.5, 0.6) is 0 Å². The fourth-order valence-corrected chi connectivity index (χ4v) is 2.50. The van der Waals surface area contributed by atoms with Crippen LogP contribution in [0.25, 0.3) is 0 Å². The van der Waals surface area contributed by atoms with Crippen molar-refractivity contribution in [1.29, 1.82) is 0 Å². The molecule has 10 heteroatoms. The summed E-state index contributed by atoms with van der Waals surface area (Å²) in [6.45, 7) is 3.92. The Bertz CT molecular complexity index is 712. The lowest BCUT2D eigenvalue weighted by molar-refractivity contribution is -0.134. The molecule has 3 rings (SSSR count). The molecule has 0 bridgehead atoms. The monoisotopic (exact) mass is 363 g/mol. The molecule has 0 unspecified atom stereocenters. The first kappa shape index (κ1) is 19.3. The average molecular weight is 363 g/mol. The molecule has 2 aliphatic heterocycles. The summed E-state index contributed by atoms with van der Waals surface area (Å²) in [5.41, 5.74) is 0.931. The Labute approximate surface area is 150 Å². The van der Waals surface area contributed by atoms with Gasteiger partial charge >= 0.3 is 11.9 Å². The van der Waals surface area contributed by atoms with Crippen LogP contribution in [-0.2, 0) is 20.8 Å². The highest BCUT2D eigenvalue weighted by molar-refractivity contribution is 5.99. The van der Waals surface area contributed by atoms with E-state index in [-0.39, 0.29) is 5.91 Å². The lowest BCUT2D eigenvalue weighted by atomic mass is 10.3. The van der Waals surface area contributed by atoms with Gasteiger partial charge in [0.2, 0.25) is 11.9 Å². The molecule has 0 atom stereocenters. The Kier molecular flexibility index (Phi) is 6.23. The molecular formula is C16H21N5O5. The number of carbonyl (C=O) groups is 3. The van der Waals surface area contributed by atoms with E-state index >= 15 is 0 Å². The number of carbonyl (C=O) groups excluding carboxylic acids is 1. The first-order valence-corrected chi connectivity index (χ1v) is 7.98. The number of nitrogens with zero attached hydrogens (tertiary/aromatic N) is 5. The van der Waals surface area contributed by atoms with Crippen molar-refractivity contribution in [1.82, 2.24) is 14.9 Å². The molecule has 140 valence electrons. The van der Waals surface area contributed by atoms with Gasteiger partial charge in [-0.25, -0.2) is 14.6 Å². The van der Waals surface area contributed by atoms with E-state index in [2.05, 4.69) is 26.8 Å². The average Bonchev–Trinajstić information content (AvgIpc) is 2.88. The zero-order chi connectivity index (χ0) is 19.3. The molecule has 1 fully saturated rings. The molecule has 1 aromatic heterocycles. The lowest BCUT2D eigenvalue weighted by Crippen LogP contribution is -2.45. The minimum atomic E-state index is -1.26. The van der Waals surface area contributed by atoms with Crippen molar-refractivity contribution in [3.05, 3.63) is 23.9 Å². The number of aliphatic carboxylic acids is 2. The molecule has 1 amide bonds. The van der Waals surface area contributed by atoms with Crippen molar-refractivity contribution < 1.29 is 24.6 Å². The number of carboxylic acids is 2. The number of hydrogen-bond acceptors (Lipinski definition) is 7.